The van der Waals surface area contributed by atoms with Crippen LogP contribution in [0, 0.1) is 6.92 Å². The quantitative estimate of drug-likeness (QED) is 0.356. The Bertz CT molecular complexity index is 1040. The van der Waals surface area contributed by atoms with Gasteiger partial charge < -0.3 is 0 Å². The highest BCUT2D eigenvalue weighted by Crippen LogP contribution is 2.32. The van der Waals surface area contributed by atoms with Gasteiger partial charge in [0.05, 0.1) is 5.69 Å². The van der Waals surface area contributed by atoms with Gasteiger partial charge in [-0.3, -0.25) is 4.98 Å². The van der Waals surface area contributed by atoms with Crippen molar-refractivity contribution < 1.29 is 0 Å². The molecular formula is C24H18BrN. The second-order valence-electron chi connectivity index (χ2n) is 6.35. The molecule has 0 fully saturated rings. The Kier molecular flexibility index (Phi) is 4.68. The van der Waals surface area contributed by atoms with E-state index in [0.717, 1.165) is 15.7 Å². The second kappa shape index (κ2) is 7.27. The fourth-order valence-electron chi connectivity index (χ4n) is 3.15. The minimum absolute atomic E-state index is 0.980. The summed E-state index contributed by atoms with van der Waals surface area (Å²) in [6, 6.07) is 29.5. The van der Waals surface area contributed by atoms with Gasteiger partial charge in [-0.1, -0.05) is 76.6 Å². The van der Waals surface area contributed by atoms with E-state index in [4.69, 9.17) is 0 Å². The molecule has 3 aromatic carbocycles. The molecule has 0 atom stereocenters. The lowest BCUT2D eigenvalue weighted by molar-refractivity contribution is 1.27. The van der Waals surface area contributed by atoms with Crippen molar-refractivity contribution in [2.75, 3.05) is 0 Å². The van der Waals surface area contributed by atoms with Crippen molar-refractivity contribution in [1.29, 1.82) is 0 Å². The van der Waals surface area contributed by atoms with Gasteiger partial charge in [-0.2, -0.15) is 0 Å². The monoisotopic (exact) mass is 399 g/mol. The molecule has 0 unspecified atom stereocenters. The Morgan fingerprint density at radius 1 is 0.654 bits per heavy atom. The number of rotatable bonds is 3. The van der Waals surface area contributed by atoms with Crippen LogP contribution < -0.4 is 0 Å². The maximum Gasteiger partial charge on any atom is 0.0708 e. The Morgan fingerprint density at radius 3 is 1.96 bits per heavy atom. The number of benzene rings is 3. The third-order valence-electron chi connectivity index (χ3n) is 4.49. The molecule has 0 aliphatic heterocycles. The average Bonchev–Trinajstić information content (AvgIpc) is 2.69. The zero-order valence-electron chi connectivity index (χ0n) is 14.5. The van der Waals surface area contributed by atoms with E-state index in [2.05, 4.69) is 101 Å². The van der Waals surface area contributed by atoms with E-state index in [1.54, 1.807) is 0 Å². The van der Waals surface area contributed by atoms with Crippen LogP contribution in [0.15, 0.2) is 95.6 Å². The summed E-state index contributed by atoms with van der Waals surface area (Å²) in [5.74, 6) is 0. The first-order valence-electron chi connectivity index (χ1n) is 8.59. The van der Waals surface area contributed by atoms with Gasteiger partial charge in [0.25, 0.3) is 0 Å². The SMILES string of the molecule is Cc1cnc(-c2cc(Br)cc(-c3ccccc3)c2)cc1-c1ccccc1. The molecule has 0 N–H and O–H groups in total. The van der Waals surface area contributed by atoms with E-state index >= 15 is 0 Å². The van der Waals surface area contributed by atoms with Crippen molar-refractivity contribution in [2.24, 2.45) is 0 Å². The summed E-state index contributed by atoms with van der Waals surface area (Å²) in [6.45, 7) is 2.11. The molecule has 126 valence electrons. The third-order valence-corrected chi connectivity index (χ3v) is 4.95. The maximum atomic E-state index is 4.69. The topological polar surface area (TPSA) is 12.9 Å². The molecule has 0 aliphatic rings. The number of aromatic nitrogens is 1. The average molecular weight is 400 g/mol. The molecule has 0 aliphatic carbocycles. The standard InChI is InChI=1S/C24H18BrN/c1-17-16-26-24(15-23(17)19-10-6-3-7-11-19)21-12-20(13-22(25)14-21)18-8-4-2-5-9-18/h2-16H,1H3. The molecule has 1 heterocycles. The first-order chi connectivity index (χ1) is 12.7. The number of aryl methyl sites for hydroxylation is 1. The minimum Gasteiger partial charge on any atom is -0.256 e. The highest BCUT2D eigenvalue weighted by Gasteiger charge is 2.09. The number of hydrogen-bond donors (Lipinski definition) is 0. The summed E-state index contributed by atoms with van der Waals surface area (Å²) in [5.41, 5.74) is 8.08. The van der Waals surface area contributed by atoms with Gasteiger partial charge in [0.2, 0.25) is 0 Å². The van der Waals surface area contributed by atoms with Gasteiger partial charge in [-0.25, -0.2) is 0 Å². The van der Waals surface area contributed by atoms with Crippen LogP contribution in [-0.4, -0.2) is 4.98 Å². The summed E-state index contributed by atoms with van der Waals surface area (Å²) in [4.78, 5) is 4.69. The van der Waals surface area contributed by atoms with E-state index in [-0.39, 0.29) is 0 Å². The van der Waals surface area contributed by atoms with Crippen LogP contribution in [0.5, 0.6) is 0 Å². The first-order valence-corrected chi connectivity index (χ1v) is 9.38. The van der Waals surface area contributed by atoms with Gasteiger partial charge in [-0.15, -0.1) is 0 Å². The summed E-state index contributed by atoms with van der Waals surface area (Å²) >= 11 is 3.66. The van der Waals surface area contributed by atoms with Crippen molar-refractivity contribution in [2.45, 2.75) is 6.92 Å². The van der Waals surface area contributed by atoms with Crippen molar-refractivity contribution in [1.82, 2.24) is 4.98 Å². The van der Waals surface area contributed by atoms with Gasteiger partial charge in [0.1, 0.15) is 0 Å². The molecule has 0 amide bonds. The van der Waals surface area contributed by atoms with Gasteiger partial charge in [-0.05, 0) is 59.0 Å². The molecule has 1 aromatic heterocycles. The number of hydrogen-bond acceptors (Lipinski definition) is 1. The molecule has 26 heavy (non-hydrogen) atoms. The van der Waals surface area contributed by atoms with Crippen LogP contribution >= 0.6 is 15.9 Å². The first kappa shape index (κ1) is 16.7. The maximum absolute atomic E-state index is 4.69. The second-order valence-corrected chi connectivity index (χ2v) is 7.26. The van der Waals surface area contributed by atoms with Crippen LogP contribution in [0.2, 0.25) is 0 Å². The normalized spacial score (nSPS) is 10.7. The summed E-state index contributed by atoms with van der Waals surface area (Å²) in [7, 11) is 0. The molecule has 4 aromatic rings. The van der Waals surface area contributed by atoms with Crippen LogP contribution in [0.4, 0.5) is 0 Å². The van der Waals surface area contributed by atoms with Crippen LogP contribution in [0.1, 0.15) is 5.56 Å². The van der Waals surface area contributed by atoms with E-state index < -0.39 is 0 Å². The zero-order chi connectivity index (χ0) is 17.9. The Hall–Kier alpha value is -2.71. The minimum atomic E-state index is 0.980. The number of pyridine rings is 1. The largest absolute Gasteiger partial charge is 0.256 e. The summed E-state index contributed by atoms with van der Waals surface area (Å²) in [6.07, 6.45) is 1.96. The van der Waals surface area contributed by atoms with E-state index in [9.17, 15) is 0 Å². The van der Waals surface area contributed by atoms with Crippen molar-refractivity contribution in [3.8, 4) is 33.5 Å². The lowest BCUT2D eigenvalue weighted by atomic mass is 9.97. The van der Waals surface area contributed by atoms with Gasteiger partial charge in [0, 0.05) is 16.2 Å². The predicted octanol–water partition coefficient (Wildman–Crippen LogP) is 7.15. The molecule has 0 bridgehead atoms. The molecule has 0 radical (unpaired) electrons. The van der Waals surface area contributed by atoms with Crippen molar-refractivity contribution >= 4 is 15.9 Å². The van der Waals surface area contributed by atoms with Crippen LogP contribution in [0.3, 0.4) is 0 Å². The molecule has 2 heteroatoms. The predicted molar refractivity (Wildman–Crippen MR) is 113 cm³/mol. The Labute approximate surface area is 162 Å². The van der Waals surface area contributed by atoms with E-state index in [1.165, 1.54) is 27.8 Å². The van der Waals surface area contributed by atoms with Crippen LogP contribution in [-0.2, 0) is 0 Å². The molecule has 4 rings (SSSR count). The highest BCUT2D eigenvalue weighted by molar-refractivity contribution is 9.10. The Balaban J connectivity index is 1.83. The van der Waals surface area contributed by atoms with Crippen molar-refractivity contribution in [3.63, 3.8) is 0 Å². The zero-order valence-corrected chi connectivity index (χ0v) is 16.1. The fraction of sp³-hybridized carbons (Fsp3) is 0.0417. The molecule has 1 nitrogen and oxygen atoms in total. The number of halogens is 1. The molecule has 0 saturated heterocycles. The summed E-state index contributed by atoms with van der Waals surface area (Å²) < 4.78 is 1.05. The van der Waals surface area contributed by atoms with Crippen LogP contribution in [0.25, 0.3) is 33.5 Å². The third kappa shape index (κ3) is 3.47. The Morgan fingerprint density at radius 2 is 1.27 bits per heavy atom. The fourth-order valence-corrected chi connectivity index (χ4v) is 3.64. The summed E-state index contributed by atoms with van der Waals surface area (Å²) in [5, 5.41) is 0. The lowest BCUT2D eigenvalue weighted by Gasteiger charge is -2.11. The van der Waals surface area contributed by atoms with Gasteiger partial charge >= 0.3 is 0 Å². The number of nitrogens with zero attached hydrogens (tertiary/aromatic N) is 1. The smallest absolute Gasteiger partial charge is 0.0708 e. The molecule has 0 spiro atoms. The lowest BCUT2D eigenvalue weighted by Crippen LogP contribution is -1.90. The van der Waals surface area contributed by atoms with Crippen molar-refractivity contribution in [3.05, 3.63) is 101 Å². The molecular weight excluding hydrogens is 382 g/mol. The molecule has 0 saturated carbocycles. The van der Waals surface area contributed by atoms with Gasteiger partial charge in [0.15, 0.2) is 0 Å². The van der Waals surface area contributed by atoms with E-state index in [0.29, 0.717) is 0 Å². The highest BCUT2D eigenvalue weighted by atomic mass is 79.9. The van der Waals surface area contributed by atoms with E-state index in [1.807, 2.05) is 18.3 Å².